The van der Waals surface area contributed by atoms with E-state index in [0.717, 1.165) is 0 Å². The number of carbonyl (C=O) groups excluding carboxylic acids is 1. The molecule has 0 aliphatic rings. The van der Waals surface area contributed by atoms with Gasteiger partial charge in [0.2, 0.25) is 0 Å². The number of nitrogens with zero attached hydrogens (tertiary/aromatic N) is 1. The topological polar surface area (TPSA) is 49.8 Å². The van der Waals surface area contributed by atoms with E-state index in [-0.39, 0.29) is 12.6 Å². The third-order valence-electron chi connectivity index (χ3n) is 1.95. The second kappa shape index (κ2) is 6.86. The fourth-order valence-electron chi connectivity index (χ4n) is 1.09. The Hall–Kier alpha value is -0.610. The van der Waals surface area contributed by atoms with Crippen LogP contribution in [0.4, 0.5) is 0 Å². The van der Waals surface area contributed by atoms with E-state index in [9.17, 15) is 4.79 Å². The third kappa shape index (κ3) is 5.60. The second-order valence-corrected chi connectivity index (χ2v) is 3.18. The first-order valence-electron chi connectivity index (χ1n) is 4.53. The van der Waals surface area contributed by atoms with Crippen LogP contribution in [0.25, 0.3) is 0 Å². The van der Waals surface area contributed by atoms with Crippen LogP contribution >= 0.6 is 0 Å². The zero-order valence-electron chi connectivity index (χ0n) is 8.62. The van der Waals surface area contributed by atoms with Gasteiger partial charge >= 0.3 is 5.97 Å². The molecule has 0 saturated heterocycles. The van der Waals surface area contributed by atoms with Gasteiger partial charge in [0.25, 0.3) is 0 Å². The van der Waals surface area contributed by atoms with Gasteiger partial charge in [-0.15, -0.1) is 0 Å². The van der Waals surface area contributed by atoms with E-state index in [1.165, 1.54) is 7.11 Å². The fourth-order valence-corrected chi connectivity index (χ4v) is 1.09. The standard InChI is InChI=1S/C9H19NO3/c1-8(2)10(6-7-11)5-4-9(12)13-3/h8,11H,4-7H2,1-3H3. The van der Waals surface area contributed by atoms with Gasteiger partial charge in [-0.05, 0) is 13.8 Å². The Morgan fingerprint density at radius 3 is 2.46 bits per heavy atom. The summed E-state index contributed by atoms with van der Waals surface area (Å²) < 4.78 is 4.53. The molecular formula is C9H19NO3. The van der Waals surface area contributed by atoms with Gasteiger partial charge in [0.05, 0.1) is 20.1 Å². The normalized spacial score (nSPS) is 10.9. The Morgan fingerprint density at radius 2 is 2.08 bits per heavy atom. The average molecular weight is 189 g/mol. The molecule has 0 rings (SSSR count). The van der Waals surface area contributed by atoms with Crippen LogP contribution in [-0.2, 0) is 9.53 Å². The summed E-state index contributed by atoms with van der Waals surface area (Å²) in [6, 6.07) is 0.344. The zero-order chi connectivity index (χ0) is 10.3. The molecular weight excluding hydrogens is 170 g/mol. The summed E-state index contributed by atoms with van der Waals surface area (Å²) in [5, 5.41) is 8.75. The van der Waals surface area contributed by atoms with Crippen molar-refractivity contribution in [1.29, 1.82) is 0 Å². The van der Waals surface area contributed by atoms with Crippen molar-refractivity contribution < 1.29 is 14.6 Å². The summed E-state index contributed by atoms with van der Waals surface area (Å²) in [6.07, 6.45) is 0.384. The molecule has 4 nitrogen and oxygen atoms in total. The summed E-state index contributed by atoms with van der Waals surface area (Å²) in [7, 11) is 1.38. The first-order chi connectivity index (χ1) is 6.11. The van der Waals surface area contributed by atoms with Gasteiger partial charge < -0.3 is 9.84 Å². The summed E-state index contributed by atoms with van der Waals surface area (Å²) in [5.41, 5.74) is 0. The molecule has 0 amide bonds. The fraction of sp³-hybridized carbons (Fsp3) is 0.889. The van der Waals surface area contributed by atoms with Crippen LogP contribution in [0, 0.1) is 0 Å². The minimum absolute atomic E-state index is 0.124. The van der Waals surface area contributed by atoms with Crippen LogP contribution in [0.5, 0.6) is 0 Å². The van der Waals surface area contributed by atoms with E-state index in [4.69, 9.17) is 5.11 Å². The van der Waals surface area contributed by atoms with Crippen molar-refractivity contribution in [2.75, 3.05) is 26.8 Å². The lowest BCUT2D eigenvalue weighted by Crippen LogP contribution is -2.35. The number of esters is 1. The molecule has 1 N–H and O–H groups in total. The van der Waals surface area contributed by atoms with E-state index >= 15 is 0 Å². The highest BCUT2D eigenvalue weighted by Crippen LogP contribution is 1.99. The molecule has 0 unspecified atom stereocenters. The lowest BCUT2D eigenvalue weighted by atomic mass is 10.3. The molecule has 0 fully saturated rings. The minimum atomic E-state index is -0.205. The number of hydrogen-bond acceptors (Lipinski definition) is 4. The predicted octanol–water partition coefficient (Wildman–Crippen LogP) is 0.252. The predicted molar refractivity (Wildman–Crippen MR) is 50.4 cm³/mol. The maximum atomic E-state index is 10.8. The van der Waals surface area contributed by atoms with Crippen LogP contribution < -0.4 is 0 Å². The van der Waals surface area contributed by atoms with Crippen molar-refractivity contribution >= 4 is 5.97 Å². The molecule has 0 aromatic rings. The minimum Gasteiger partial charge on any atom is -0.469 e. The van der Waals surface area contributed by atoms with Gasteiger partial charge in [-0.1, -0.05) is 0 Å². The Balaban J connectivity index is 3.75. The highest BCUT2D eigenvalue weighted by Gasteiger charge is 2.10. The molecule has 0 bridgehead atoms. The number of aliphatic hydroxyl groups is 1. The maximum Gasteiger partial charge on any atom is 0.306 e. The molecule has 78 valence electrons. The number of carbonyl (C=O) groups is 1. The van der Waals surface area contributed by atoms with Crippen LogP contribution in [0.1, 0.15) is 20.3 Å². The molecule has 0 saturated carbocycles. The summed E-state index contributed by atoms with van der Waals surface area (Å²) in [6.45, 7) is 5.44. The molecule has 0 radical (unpaired) electrons. The Kier molecular flexibility index (Phi) is 6.54. The number of ether oxygens (including phenoxy) is 1. The van der Waals surface area contributed by atoms with Gasteiger partial charge in [-0.25, -0.2) is 0 Å². The summed E-state index contributed by atoms with van der Waals surface area (Å²) in [4.78, 5) is 12.9. The Morgan fingerprint density at radius 1 is 1.46 bits per heavy atom. The van der Waals surface area contributed by atoms with E-state index < -0.39 is 0 Å². The Labute approximate surface area is 79.5 Å². The number of aliphatic hydroxyl groups excluding tert-OH is 1. The molecule has 0 spiro atoms. The lowest BCUT2D eigenvalue weighted by molar-refractivity contribution is -0.141. The maximum absolute atomic E-state index is 10.8. The molecule has 0 atom stereocenters. The van der Waals surface area contributed by atoms with Gasteiger partial charge in [-0.3, -0.25) is 9.69 Å². The lowest BCUT2D eigenvalue weighted by Gasteiger charge is -2.24. The Bertz CT molecular complexity index is 148. The smallest absolute Gasteiger partial charge is 0.306 e. The molecule has 0 heterocycles. The van der Waals surface area contributed by atoms with Crippen molar-refractivity contribution in [3.05, 3.63) is 0 Å². The average Bonchev–Trinajstić information content (AvgIpc) is 2.11. The third-order valence-corrected chi connectivity index (χ3v) is 1.95. The monoisotopic (exact) mass is 189 g/mol. The van der Waals surface area contributed by atoms with Gasteiger partial charge in [0, 0.05) is 19.1 Å². The van der Waals surface area contributed by atoms with Crippen molar-refractivity contribution in [3.8, 4) is 0 Å². The first kappa shape index (κ1) is 12.4. The summed E-state index contributed by atoms with van der Waals surface area (Å²) >= 11 is 0. The first-order valence-corrected chi connectivity index (χ1v) is 4.53. The van der Waals surface area contributed by atoms with E-state index in [2.05, 4.69) is 4.74 Å². The van der Waals surface area contributed by atoms with Crippen molar-refractivity contribution in [1.82, 2.24) is 4.90 Å². The highest BCUT2D eigenvalue weighted by atomic mass is 16.5. The van der Waals surface area contributed by atoms with Gasteiger partial charge in [-0.2, -0.15) is 0 Å². The zero-order valence-corrected chi connectivity index (χ0v) is 8.62. The van der Waals surface area contributed by atoms with Crippen LogP contribution in [-0.4, -0.2) is 48.8 Å². The number of rotatable bonds is 6. The highest BCUT2D eigenvalue weighted by molar-refractivity contribution is 5.69. The SMILES string of the molecule is COC(=O)CCN(CCO)C(C)C. The van der Waals surface area contributed by atoms with Crippen molar-refractivity contribution in [3.63, 3.8) is 0 Å². The molecule has 0 aromatic carbocycles. The molecule has 0 aliphatic carbocycles. The van der Waals surface area contributed by atoms with E-state index in [1.807, 2.05) is 18.7 Å². The van der Waals surface area contributed by atoms with Crippen LogP contribution in [0.15, 0.2) is 0 Å². The van der Waals surface area contributed by atoms with Crippen molar-refractivity contribution in [2.24, 2.45) is 0 Å². The molecule has 0 aromatic heterocycles. The number of hydrogen-bond donors (Lipinski definition) is 1. The van der Waals surface area contributed by atoms with E-state index in [1.54, 1.807) is 0 Å². The molecule has 4 heteroatoms. The molecule has 0 aliphatic heterocycles. The molecule has 13 heavy (non-hydrogen) atoms. The van der Waals surface area contributed by atoms with Crippen LogP contribution in [0.2, 0.25) is 0 Å². The van der Waals surface area contributed by atoms with Crippen molar-refractivity contribution in [2.45, 2.75) is 26.3 Å². The summed E-state index contributed by atoms with van der Waals surface area (Å²) in [5.74, 6) is -0.205. The number of methoxy groups -OCH3 is 1. The van der Waals surface area contributed by atoms with Gasteiger partial charge in [0.1, 0.15) is 0 Å². The second-order valence-electron chi connectivity index (χ2n) is 3.18. The van der Waals surface area contributed by atoms with E-state index in [0.29, 0.717) is 25.6 Å². The van der Waals surface area contributed by atoms with Gasteiger partial charge in [0.15, 0.2) is 0 Å². The quantitative estimate of drug-likeness (QED) is 0.609. The largest absolute Gasteiger partial charge is 0.469 e. The van der Waals surface area contributed by atoms with Crippen LogP contribution in [0.3, 0.4) is 0 Å².